The number of amides is 2. The van der Waals surface area contributed by atoms with E-state index in [4.69, 9.17) is 0 Å². The van der Waals surface area contributed by atoms with Crippen LogP contribution in [0.3, 0.4) is 0 Å². The lowest BCUT2D eigenvalue weighted by atomic mass is 9.92. The number of hydrogen-bond donors (Lipinski definition) is 2. The maximum atomic E-state index is 13.7. The summed E-state index contributed by atoms with van der Waals surface area (Å²) in [5.41, 5.74) is 5.20. The van der Waals surface area contributed by atoms with E-state index in [1.54, 1.807) is 19.1 Å². The van der Waals surface area contributed by atoms with Crippen molar-refractivity contribution < 1.29 is 18.0 Å². The van der Waals surface area contributed by atoms with Crippen molar-refractivity contribution in [2.45, 2.75) is 51.0 Å². The van der Waals surface area contributed by atoms with Crippen molar-refractivity contribution in [3.05, 3.63) is 89.0 Å². The maximum Gasteiger partial charge on any atom is 0.243 e. The van der Waals surface area contributed by atoms with E-state index in [-0.39, 0.29) is 29.7 Å². The van der Waals surface area contributed by atoms with Crippen molar-refractivity contribution in [3.63, 3.8) is 0 Å². The highest BCUT2D eigenvalue weighted by atomic mass is 32.2. The molecule has 2 N–H and O–H groups in total. The Bertz CT molecular complexity index is 1360. The molecule has 4 rings (SSSR count). The summed E-state index contributed by atoms with van der Waals surface area (Å²) in [6.45, 7) is 5.95. The number of nitrogens with one attached hydrogen (secondary N) is 2. The second-order valence-electron chi connectivity index (χ2n) is 9.14. The summed E-state index contributed by atoms with van der Waals surface area (Å²) in [6, 6.07) is 19.0. The topological polar surface area (TPSA) is 95.6 Å². The minimum atomic E-state index is -3.90. The van der Waals surface area contributed by atoms with Gasteiger partial charge >= 0.3 is 0 Å². The SMILES string of the molecule is CCC(=O)Nc1ccc(S(=O)(=O)N2CCc3ccccc3C2CC(=O)Nc2cc(C)cc(C)c2)cc1. The van der Waals surface area contributed by atoms with E-state index in [1.807, 2.05) is 56.3 Å². The van der Waals surface area contributed by atoms with Crippen molar-refractivity contribution in [1.82, 2.24) is 4.31 Å². The molecule has 1 atom stereocenters. The van der Waals surface area contributed by atoms with Gasteiger partial charge in [0, 0.05) is 30.8 Å². The summed E-state index contributed by atoms with van der Waals surface area (Å²) >= 11 is 0. The minimum absolute atomic E-state index is 0.00608. The number of sulfonamides is 1. The summed E-state index contributed by atoms with van der Waals surface area (Å²) in [7, 11) is -3.90. The predicted molar refractivity (Wildman–Crippen MR) is 141 cm³/mol. The number of rotatable bonds is 7. The highest BCUT2D eigenvalue weighted by Gasteiger charge is 2.37. The third-order valence-corrected chi connectivity index (χ3v) is 8.24. The van der Waals surface area contributed by atoms with Crippen LogP contribution in [0.15, 0.2) is 71.6 Å². The second-order valence-corrected chi connectivity index (χ2v) is 11.0. The highest BCUT2D eigenvalue weighted by molar-refractivity contribution is 7.89. The van der Waals surface area contributed by atoms with Gasteiger partial charge < -0.3 is 10.6 Å². The molecule has 0 aromatic heterocycles. The Morgan fingerprint density at radius 3 is 2.19 bits per heavy atom. The van der Waals surface area contributed by atoms with Gasteiger partial charge in [0.25, 0.3) is 0 Å². The first-order valence-corrected chi connectivity index (χ1v) is 13.5. The normalized spacial score (nSPS) is 15.7. The van der Waals surface area contributed by atoms with E-state index in [0.29, 0.717) is 24.2 Å². The van der Waals surface area contributed by atoms with Gasteiger partial charge in [-0.25, -0.2) is 8.42 Å². The maximum absolute atomic E-state index is 13.7. The fourth-order valence-corrected chi connectivity index (χ4v) is 6.26. The summed E-state index contributed by atoms with van der Waals surface area (Å²) in [5.74, 6) is -0.396. The Balaban J connectivity index is 1.62. The zero-order valence-electron chi connectivity index (χ0n) is 20.7. The van der Waals surface area contributed by atoms with Crippen LogP contribution in [0.4, 0.5) is 11.4 Å². The molecular weight excluding hydrogens is 474 g/mol. The fourth-order valence-electron chi connectivity index (χ4n) is 4.66. The number of aryl methyl sites for hydroxylation is 2. The molecule has 0 fully saturated rings. The molecule has 7 nitrogen and oxygen atoms in total. The predicted octanol–water partition coefficient (Wildman–Crippen LogP) is 4.97. The smallest absolute Gasteiger partial charge is 0.243 e. The zero-order valence-corrected chi connectivity index (χ0v) is 21.6. The Morgan fingerprint density at radius 2 is 1.53 bits per heavy atom. The zero-order chi connectivity index (χ0) is 25.9. The number of anilines is 2. The molecule has 1 aliphatic heterocycles. The molecular formula is C28H31N3O4S. The number of nitrogens with zero attached hydrogens (tertiary/aromatic N) is 1. The van der Waals surface area contributed by atoms with E-state index in [2.05, 4.69) is 10.6 Å². The number of carbonyl (C=O) groups is 2. The van der Waals surface area contributed by atoms with Gasteiger partial charge in [0.2, 0.25) is 21.8 Å². The lowest BCUT2D eigenvalue weighted by molar-refractivity contribution is -0.117. The van der Waals surface area contributed by atoms with Crippen molar-refractivity contribution in [1.29, 1.82) is 0 Å². The minimum Gasteiger partial charge on any atom is -0.326 e. The van der Waals surface area contributed by atoms with Gasteiger partial charge in [-0.05, 0) is 78.9 Å². The molecule has 3 aromatic carbocycles. The largest absolute Gasteiger partial charge is 0.326 e. The van der Waals surface area contributed by atoms with Crippen LogP contribution in [-0.2, 0) is 26.0 Å². The molecule has 0 bridgehead atoms. The molecule has 1 heterocycles. The summed E-state index contributed by atoms with van der Waals surface area (Å²) in [5, 5.41) is 5.67. The molecule has 0 saturated carbocycles. The average molecular weight is 506 g/mol. The first kappa shape index (κ1) is 25.6. The third-order valence-electron chi connectivity index (χ3n) is 6.31. The summed E-state index contributed by atoms with van der Waals surface area (Å²) in [6.07, 6.45) is 0.891. The van der Waals surface area contributed by atoms with Crippen molar-refractivity contribution >= 4 is 33.2 Å². The molecule has 2 amide bonds. The molecule has 8 heteroatoms. The van der Waals surface area contributed by atoms with E-state index in [9.17, 15) is 18.0 Å². The lowest BCUT2D eigenvalue weighted by Crippen LogP contribution is -2.41. The van der Waals surface area contributed by atoms with Gasteiger partial charge in [-0.2, -0.15) is 4.31 Å². The molecule has 188 valence electrons. The molecule has 0 radical (unpaired) electrons. The Labute approximate surface area is 212 Å². The van der Waals surface area contributed by atoms with Gasteiger partial charge in [-0.15, -0.1) is 0 Å². The van der Waals surface area contributed by atoms with Gasteiger partial charge in [0.1, 0.15) is 0 Å². The third kappa shape index (κ3) is 5.66. The number of benzene rings is 3. The molecule has 1 unspecified atom stereocenters. The van der Waals surface area contributed by atoms with Crippen molar-refractivity contribution in [2.75, 3.05) is 17.2 Å². The van der Waals surface area contributed by atoms with E-state index in [1.165, 1.54) is 16.4 Å². The molecule has 0 saturated heterocycles. The van der Waals surface area contributed by atoms with Crippen LogP contribution in [0.25, 0.3) is 0 Å². The second kappa shape index (κ2) is 10.6. The Kier molecular flexibility index (Phi) is 7.56. The summed E-state index contributed by atoms with van der Waals surface area (Å²) in [4.78, 5) is 24.9. The summed E-state index contributed by atoms with van der Waals surface area (Å²) < 4.78 is 28.9. The standard InChI is InChI=1S/C28H31N3O4S/c1-4-27(32)29-22-9-11-24(12-10-22)36(34,35)31-14-13-21-7-5-6-8-25(21)26(31)18-28(33)30-23-16-19(2)15-20(3)17-23/h5-12,15-17,26H,4,13-14,18H2,1-3H3,(H,29,32)(H,30,33). The Morgan fingerprint density at radius 1 is 0.889 bits per heavy atom. The van der Waals surface area contributed by atoms with E-state index >= 15 is 0 Å². The Hall–Kier alpha value is -3.49. The van der Waals surface area contributed by atoms with Crippen molar-refractivity contribution in [2.24, 2.45) is 0 Å². The molecule has 1 aliphatic rings. The molecule has 36 heavy (non-hydrogen) atoms. The van der Waals surface area contributed by atoms with Crippen LogP contribution >= 0.6 is 0 Å². The molecule has 0 aliphatic carbocycles. The van der Waals surface area contributed by atoms with E-state index < -0.39 is 16.1 Å². The van der Waals surface area contributed by atoms with Crippen LogP contribution in [0.2, 0.25) is 0 Å². The lowest BCUT2D eigenvalue weighted by Gasteiger charge is -2.36. The number of carbonyl (C=O) groups excluding carboxylic acids is 2. The molecule has 3 aromatic rings. The first-order valence-electron chi connectivity index (χ1n) is 12.0. The van der Waals surface area contributed by atoms with Crippen LogP contribution in [0.5, 0.6) is 0 Å². The highest BCUT2D eigenvalue weighted by Crippen LogP contribution is 2.36. The molecule has 0 spiro atoms. The van der Waals surface area contributed by atoms with Crippen molar-refractivity contribution in [3.8, 4) is 0 Å². The number of hydrogen-bond acceptors (Lipinski definition) is 4. The van der Waals surface area contributed by atoms with Gasteiger partial charge in [0.15, 0.2) is 0 Å². The van der Waals surface area contributed by atoms with Gasteiger partial charge in [-0.1, -0.05) is 37.3 Å². The van der Waals surface area contributed by atoms with Gasteiger partial charge in [-0.3, -0.25) is 9.59 Å². The average Bonchev–Trinajstić information content (AvgIpc) is 2.83. The van der Waals surface area contributed by atoms with Crippen LogP contribution in [-0.4, -0.2) is 31.1 Å². The van der Waals surface area contributed by atoms with Gasteiger partial charge in [0.05, 0.1) is 10.9 Å². The quantitative estimate of drug-likeness (QED) is 0.474. The first-order chi connectivity index (χ1) is 17.2. The van der Waals surface area contributed by atoms with Crippen LogP contribution in [0, 0.1) is 13.8 Å². The monoisotopic (exact) mass is 505 g/mol. The number of fused-ring (bicyclic) bond motifs is 1. The fraction of sp³-hybridized carbons (Fsp3) is 0.286. The van der Waals surface area contributed by atoms with E-state index in [0.717, 1.165) is 22.3 Å². The van der Waals surface area contributed by atoms with Crippen LogP contribution < -0.4 is 10.6 Å². The van der Waals surface area contributed by atoms with Crippen LogP contribution in [0.1, 0.15) is 48.1 Å².